The molecular weight excluding hydrogens is 236 g/mol. The Hall–Kier alpha value is -1.94. The highest BCUT2D eigenvalue weighted by Gasteiger charge is 2.06. The Morgan fingerprint density at radius 1 is 1.16 bits per heavy atom. The molecule has 0 unspecified atom stereocenters. The van der Waals surface area contributed by atoms with E-state index in [0.29, 0.717) is 0 Å². The summed E-state index contributed by atoms with van der Waals surface area (Å²) in [6.45, 7) is 3.70. The molecular formula is C15H20N4. The van der Waals surface area contributed by atoms with E-state index < -0.39 is 0 Å². The first kappa shape index (κ1) is 13.5. The van der Waals surface area contributed by atoms with Crippen LogP contribution in [-0.2, 0) is 13.1 Å². The lowest BCUT2D eigenvalue weighted by atomic mass is 10.2. The van der Waals surface area contributed by atoms with Crippen molar-refractivity contribution in [2.75, 3.05) is 19.4 Å². The van der Waals surface area contributed by atoms with E-state index in [4.69, 9.17) is 0 Å². The van der Waals surface area contributed by atoms with Crippen LogP contribution in [0.2, 0.25) is 0 Å². The minimum absolute atomic E-state index is 0.833. The molecule has 0 aliphatic carbocycles. The molecule has 4 nitrogen and oxygen atoms in total. The third-order valence-corrected chi connectivity index (χ3v) is 2.95. The van der Waals surface area contributed by atoms with Crippen molar-refractivity contribution in [2.45, 2.75) is 20.0 Å². The summed E-state index contributed by atoms with van der Waals surface area (Å²) in [5.74, 6) is 0.937. The van der Waals surface area contributed by atoms with Crippen LogP contribution in [0, 0.1) is 6.92 Å². The molecule has 0 radical (unpaired) electrons. The topological polar surface area (TPSA) is 41.1 Å². The molecule has 0 aliphatic rings. The predicted octanol–water partition coefficient (Wildman–Crippen LogP) is 2.46. The Morgan fingerprint density at radius 3 is 2.74 bits per heavy atom. The summed E-state index contributed by atoms with van der Waals surface area (Å²) >= 11 is 0. The van der Waals surface area contributed by atoms with Gasteiger partial charge in [-0.2, -0.15) is 0 Å². The van der Waals surface area contributed by atoms with Crippen molar-refractivity contribution in [3.63, 3.8) is 0 Å². The van der Waals surface area contributed by atoms with Gasteiger partial charge in [-0.05, 0) is 32.2 Å². The smallest absolute Gasteiger partial charge is 0.130 e. The zero-order valence-corrected chi connectivity index (χ0v) is 11.7. The van der Waals surface area contributed by atoms with E-state index in [2.05, 4.69) is 45.4 Å². The first-order valence-corrected chi connectivity index (χ1v) is 6.42. The third-order valence-electron chi connectivity index (χ3n) is 2.95. The van der Waals surface area contributed by atoms with Gasteiger partial charge in [0.1, 0.15) is 5.82 Å². The molecule has 0 aromatic carbocycles. The number of rotatable bonds is 5. The van der Waals surface area contributed by atoms with E-state index in [1.54, 1.807) is 6.20 Å². The number of anilines is 1. The minimum atomic E-state index is 0.833. The van der Waals surface area contributed by atoms with Crippen molar-refractivity contribution >= 4 is 5.82 Å². The molecule has 100 valence electrons. The first-order chi connectivity index (χ1) is 9.19. The maximum Gasteiger partial charge on any atom is 0.130 e. The number of hydrogen-bond acceptors (Lipinski definition) is 4. The highest BCUT2D eigenvalue weighted by molar-refractivity contribution is 5.42. The monoisotopic (exact) mass is 256 g/mol. The fourth-order valence-electron chi connectivity index (χ4n) is 2.10. The van der Waals surface area contributed by atoms with Gasteiger partial charge in [-0.1, -0.05) is 12.1 Å². The van der Waals surface area contributed by atoms with Crippen LogP contribution < -0.4 is 5.32 Å². The van der Waals surface area contributed by atoms with Crippen LogP contribution in [0.1, 0.15) is 17.0 Å². The Kier molecular flexibility index (Phi) is 4.47. The lowest BCUT2D eigenvalue weighted by Crippen LogP contribution is -2.19. The average Bonchev–Trinajstić information content (AvgIpc) is 2.39. The van der Waals surface area contributed by atoms with Crippen LogP contribution in [0.3, 0.4) is 0 Å². The fraction of sp³-hybridized carbons (Fsp3) is 0.333. The van der Waals surface area contributed by atoms with Gasteiger partial charge < -0.3 is 5.32 Å². The van der Waals surface area contributed by atoms with Crippen LogP contribution in [-0.4, -0.2) is 29.0 Å². The molecule has 19 heavy (non-hydrogen) atoms. The fourth-order valence-corrected chi connectivity index (χ4v) is 2.10. The second-order valence-electron chi connectivity index (χ2n) is 4.70. The molecule has 2 rings (SSSR count). The third kappa shape index (κ3) is 3.76. The zero-order chi connectivity index (χ0) is 13.7. The molecule has 2 aromatic heterocycles. The van der Waals surface area contributed by atoms with Gasteiger partial charge in [0, 0.05) is 37.6 Å². The van der Waals surface area contributed by atoms with Gasteiger partial charge >= 0.3 is 0 Å². The van der Waals surface area contributed by atoms with Crippen LogP contribution in [0.25, 0.3) is 0 Å². The number of pyridine rings is 2. The van der Waals surface area contributed by atoms with Crippen LogP contribution in [0.4, 0.5) is 5.82 Å². The Labute approximate surface area is 114 Å². The van der Waals surface area contributed by atoms with Crippen molar-refractivity contribution in [2.24, 2.45) is 0 Å². The van der Waals surface area contributed by atoms with Crippen molar-refractivity contribution in [3.8, 4) is 0 Å². The standard InChI is InChI=1S/C15H20N4/c1-12-6-4-8-14(18-12)11-19(3)10-13-7-5-9-17-15(13)16-2/h4-9H,10-11H2,1-3H3,(H,16,17). The maximum absolute atomic E-state index is 4.52. The van der Waals surface area contributed by atoms with E-state index in [1.807, 2.05) is 26.1 Å². The van der Waals surface area contributed by atoms with Gasteiger partial charge in [0.2, 0.25) is 0 Å². The predicted molar refractivity (Wildman–Crippen MR) is 77.9 cm³/mol. The van der Waals surface area contributed by atoms with E-state index in [1.165, 1.54) is 5.56 Å². The average molecular weight is 256 g/mol. The number of aryl methyl sites for hydroxylation is 1. The number of nitrogens with one attached hydrogen (secondary N) is 1. The van der Waals surface area contributed by atoms with Crippen LogP contribution in [0.15, 0.2) is 36.5 Å². The number of hydrogen-bond donors (Lipinski definition) is 1. The Bertz CT molecular complexity index is 539. The van der Waals surface area contributed by atoms with Crippen molar-refractivity contribution < 1.29 is 0 Å². The van der Waals surface area contributed by atoms with Crippen LogP contribution in [0.5, 0.6) is 0 Å². The molecule has 0 saturated carbocycles. The van der Waals surface area contributed by atoms with Gasteiger partial charge in [0.15, 0.2) is 0 Å². The number of aromatic nitrogens is 2. The van der Waals surface area contributed by atoms with Gasteiger partial charge in [0.05, 0.1) is 5.69 Å². The summed E-state index contributed by atoms with van der Waals surface area (Å²) in [4.78, 5) is 11.1. The van der Waals surface area contributed by atoms with Gasteiger partial charge in [0.25, 0.3) is 0 Å². The van der Waals surface area contributed by atoms with Gasteiger partial charge in [-0.25, -0.2) is 4.98 Å². The molecule has 0 spiro atoms. The Balaban J connectivity index is 2.03. The van der Waals surface area contributed by atoms with Gasteiger partial charge in [-0.15, -0.1) is 0 Å². The van der Waals surface area contributed by atoms with Gasteiger partial charge in [-0.3, -0.25) is 9.88 Å². The summed E-state index contributed by atoms with van der Waals surface area (Å²) in [5.41, 5.74) is 3.35. The Morgan fingerprint density at radius 2 is 2.00 bits per heavy atom. The SMILES string of the molecule is CNc1ncccc1CN(C)Cc1cccc(C)n1. The summed E-state index contributed by atoms with van der Waals surface area (Å²) in [6.07, 6.45) is 1.80. The second-order valence-corrected chi connectivity index (χ2v) is 4.70. The minimum Gasteiger partial charge on any atom is -0.373 e. The normalized spacial score (nSPS) is 10.7. The maximum atomic E-state index is 4.52. The summed E-state index contributed by atoms with van der Waals surface area (Å²) in [5, 5.41) is 3.12. The molecule has 1 N–H and O–H groups in total. The van der Waals surface area contributed by atoms with Crippen molar-refractivity contribution in [3.05, 3.63) is 53.5 Å². The summed E-state index contributed by atoms with van der Waals surface area (Å²) in [6, 6.07) is 10.2. The largest absolute Gasteiger partial charge is 0.373 e. The second kappa shape index (κ2) is 6.29. The van der Waals surface area contributed by atoms with E-state index in [-0.39, 0.29) is 0 Å². The molecule has 0 saturated heterocycles. The van der Waals surface area contributed by atoms with Crippen molar-refractivity contribution in [1.82, 2.24) is 14.9 Å². The molecule has 2 heterocycles. The highest BCUT2D eigenvalue weighted by Crippen LogP contribution is 2.14. The number of nitrogens with zero attached hydrogens (tertiary/aromatic N) is 3. The molecule has 0 atom stereocenters. The molecule has 0 amide bonds. The lowest BCUT2D eigenvalue weighted by molar-refractivity contribution is 0.315. The summed E-state index contributed by atoms with van der Waals surface area (Å²) < 4.78 is 0. The van der Waals surface area contributed by atoms with E-state index in [9.17, 15) is 0 Å². The zero-order valence-electron chi connectivity index (χ0n) is 11.7. The van der Waals surface area contributed by atoms with Crippen molar-refractivity contribution in [1.29, 1.82) is 0 Å². The first-order valence-electron chi connectivity index (χ1n) is 6.42. The summed E-state index contributed by atoms with van der Waals surface area (Å²) in [7, 11) is 3.99. The molecule has 0 bridgehead atoms. The van der Waals surface area contributed by atoms with E-state index in [0.717, 1.165) is 30.3 Å². The quantitative estimate of drug-likeness (QED) is 0.892. The molecule has 2 aromatic rings. The molecule has 0 fully saturated rings. The van der Waals surface area contributed by atoms with Crippen LogP contribution >= 0.6 is 0 Å². The molecule has 0 aliphatic heterocycles. The molecule has 4 heteroatoms. The highest BCUT2D eigenvalue weighted by atomic mass is 15.1. The van der Waals surface area contributed by atoms with E-state index >= 15 is 0 Å². The lowest BCUT2D eigenvalue weighted by Gasteiger charge is -2.18.